The molecule has 1 aliphatic heterocycles. The molecule has 26 rings (SSSR count). The number of ether oxygens (including phenoxy) is 2. The second-order valence-corrected chi connectivity index (χ2v) is 57.7. The number of hydrogen-bond donors (Lipinski definition) is 6. The molecule has 1 saturated heterocycles. The Morgan fingerprint density at radius 2 is 1.00 bits per heavy atom. The van der Waals surface area contributed by atoms with Crippen molar-refractivity contribution in [3.05, 3.63) is 95.2 Å². The minimum atomic E-state index is -1.98. The Morgan fingerprint density at radius 1 is 0.473 bits per heavy atom. The number of halogens is 1. The first-order valence-corrected chi connectivity index (χ1v) is 59.5. The van der Waals surface area contributed by atoms with Crippen molar-refractivity contribution >= 4 is 46.3 Å². The van der Waals surface area contributed by atoms with Crippen LogP contribution in [0.25, 0.3) is 0 Å². The van der Waals surface area contributed by atoms with Gasteiger partial charge < -0.3 is 40.1 Å². The predicted octanol–water partition coefficient (Wildman–Crippen LogP) is 24.1. The van der Waals surface area contributed by atoms with Crippen LogP contribution in [0.2, 0.25) is 0 Å². The lowest BCUT2D eigenvalue weighted by molar-refractivity contribution is -0.219. The Kier molecular flexibility index (Phi) is 27.0. The van der Waals surface area contributed by atoms with Crippen LogP contribution in [-0.2, 0) is 47.8 Å². The minimum Gasteiger partial charge on any atom is -0.394 e. The van der Waals surface area contributed by atoms with Crippen molar-refractivity contribution < 1.29 is 82.9 Å². The van der Waals surface area contributed by atoms with Gasteiger partial charge in [0.2, 0.25) is 0 Å². The fraction of sp³-hybridized carbons (Fsp3) is 0.814. The lowest BCUT2D eigenvalue weighted by Gasteiger charge is -2.62. The van der Waals surface area contributed by atoms with Gasteiger partial charge in [-0.3, -0.25) is 38.4 Å². The second kappa shape index (κ2) is 37.0. The van der Waals surface area contributed by atoms with Crippen LogP contribution in [0.15, 0.2) is 95.2 Å². The number of carbonyl (C=O) groups is 8. The van der Waals surface area contributed by atoms with E-state index in [0.717, 1.165) is 148 Å². The van der Waals surface area contributed by atoms with Crippen molar-refractivity contribution in [2.75, 3.05) is 20.3 Å². The highest BCUT2D eigenvalue weighted by molar-refractivity contribution is 6.06. The molecule has 0 radical (unpaired) electrons. The zero-order valence-electron chi connectivity index (χ0n) is 92.4. The lowest BCUT2D eigenvalue weighted by atomic mass is 9.44. The smallest absolute Gasteiger partial charge is 0.190 e. The fourth-order valence-electron chi connectivity index (χ4n) is 45.3. The summed E-state index contributed by atoms with van der Waals surface area (Å²) in [4.78, 5) is 97.5. The molecule has 804 valence electrons. The Hall–Kier alpha value is -5.11. The molecule has 44 atom stereocenters. The predicted molar refractivity (Wildman–Crippen MR) is 565 cm³/mol. The molecular formula is C129H185FO16. The molecule has 17 heteroatoms. The van der Waals surface area contributed by atoms with E-state index >= 15 is 4.39 Å². The number of aliphatic hydroxyl groups excluding tert-OH is 5. The van der Waals surface area contributed by atoms with Crippen LogP contribution in [-0.4, -0.2) is 145 Å². The average molecular weight is 2010 g/mol. The summed E-state index contributed by atoms with van der Waals surface area (Å²) in [5.74, 6) is 12.8. The first kappa shape index (κ1) is 107. The lowest BCUT2D eigenvalue weighted by Crippen LogP contribution is -2.69. The SMILES string of the molecule is C=C[C@H]1CC[C@H]2[C@@H]3CC(=O)C4=CC(=O)CC[C@]4(C)[C@H]3CC[C@]12C.CC(=O)[C@H]1CC[C@H]2[C@@H]3CCC4=CC(=O)CC[C@]4(C)[C@H]3CC[C@]12C.CC(=O)[C@H]1CC[C@H]2[C@@H]3C[C@@H](O)[C@@]45C[C@@H]4CC=C[C@]5(C)[C@H]3CC[C@]12C.CO[C@H]1CC[C@@]2(C)C(=CC[C@H]3[C@@H]4CC[C@H](C(C)=O)[C@@]4(C)CC[C@@H]32)C1.C[C@@H]1C[C@H]2[C@@H]3CCC4=CC(=O)C=C[C@]4(C)[C@@]3(F)[C@@H](O)C[C@]2(C)[C@@]1(O)C(=O)CO.C[C@]12CC[C@H](O)CC1=CC[C@@H]1[C@@H]2CC[C@@]2(C)[C@H]1CC[C@@]21O[C@H]1CO. The van der Waals surface area contributed by atoms with Gasteiger partial charge in [0.05, 0.1) is 31.0 Å². The Balaban J connectivity index is 0.000000103. The van der Waals surface area contributed by atoms with Gasteiger partial charge in [-0.2, -0.15) is 0 Å². The third-order valence-electron chi connectivity index (χ3n) is 53.3. The number of fused-ring (bicyclic) bond motifs is 30. The van der Waals surface area contributed by atoms with Gasteiger partial charge in [-0.25, -0.2) is 4.39 Å². The number of allylic oxidation sites excluding steroid dienone is 11. The van der Waals surface area contributed by atoms with Crippen molar-refractivity contribution in [1.82, 2.24) is 0 Å². The van der Waals surface area contributed by atoms with Crippen LogP contribution < -0.4 is 0 Å². The Morgan fingerprint density at radius 3 is 1.60 bits per heavy atom. The van der Waals surface area contributed by atoms with Crippen LogP contribution in [0.4, 0.5) is 4.39 Å². The molecule has 0 amide bonds. The van der Waals surface area contributed by atoms with Crippen LogP contribution in [0.1, 0.15) is 380 Å². The summed E-state index contributed by atoms with van der Waals surface area (Å²) in [6.07, 6.45) is 63.9. The van der Waals surface area contributed by atoms with Gasteiger partial charge in [0.1, 0.15) is 41.3 Å². The summed E-state index contributed by atoms with van der Waals surface area (Å²) in [5, 5.41) is 62.9. The topological polar surface area (TPSA) is 280 Å². The summed E-state index contributed by atoms with van der Waals surface area (Å²) in [5.41, 5.74) is 2.97. The highest BCUT2D eigenvalue weighted by atomic mass is 19.1. The summed E-state index contributed by atoms with van der Waals surface area (Å²) < 4.78 is 28.6. The van der Waals surface area contributed by atoms with E-state index in [9.17, 15) is 69.0 Å². The molecule has 20 fully saturated rings. The molecule has 0 aromatic heterocycles. The van der Waals surface area contributed by atoms with E-state index in [1.165, 1.54) is 165 Å². The maximum absolute atomic E-state index is 16.9. The number of methoxy groups -OCH3 is 1. The van der Waals surface area contributed by atoms with Crippen molar-refractivity contribution in [3.8, 4) is 0 Å². The fourth-order valence-corrected chi connectivity index (χ4v) is 45.3. The van der Waals surface area contributed by atoms with Crippen molar-refractivity contribution in [2.24, 2.45) is 207 Å². The van der Waals surface area contributed by atoms with Gasteiger partial charge in [0, 0.05) is 77.3 Å². The molecule has 146 heavy (non-hydrogen) atoms. The number of carbonyl (C=O) groups excluding carboxylic acids is 8. The quantitative estimate of drug-likeness (QED) is 0.0973. The molecule has 25 aliphatic carbocycles. The van der Waals surface area contributed by atoms with E-state index in [2.05, 4.69) is 106 Å². The molecule has 1 heterocycles. The maximum atomic E-state index is 16.9. The molecule has 0 aromatic rings. The number of rotatable bonds is 8. The average Bonchev–Trinajstić information content (AvgIpc) is 1.49. The molecule has 6 N–H and O–H groups in total. The summed E-state index contributed by atoms with van der Waals surface area (Å²) >= 11 is 0. The first-order valence-electron chi connectivity index (χ1n) is 59.5. The molecule has 19 saturated carbocycles. The van der Waals surface area contributed by atoms with E-state index < -0.39 is 52.4 Å². The third-order valence-corrected chi connectivity index (χ3v) is 53.3. The minimum absolute atomic E-state index is 0.00889. The number of epoxide rings is 1. The third kappa shape index (κ3) is 15.2. The number of alkyl halides is 1. The standard InChI is InChI=1S/C22H29FO5.C22H32O2.C22H34O2.C21H32O3.C21H30O2.C21H28O2/c1-12-8-16-15-5-4-13-9-14(25)6-7-19(13,2)21(15,23)17(26)10-20(16,3)22(12,28)18(27)11-24;1-13(23)16-6-7-17-15-11-19(24)22-12-14(22)5-4-9-21(22,3)18(15)8-10-20(16,17)2;1-14(23)18-7-8-19-17-6-5-15-13-16(24-4)9-11-21(15,2)20(17)10-12-22(18,19)3;1-19-8-5-14(23)11-13(19)3-4-15-16(19)6-9-20(2)17(15)7-10-21(20)18(12-22)24-21;1-13(22)17-6-7-18-16-5-4-14-12-15(23)8-10-20(14,2)19(16)9-11-21(17,18)3;1-4-13-5-6-16-15-12-19(23)18-11-14(22)7-9-21(18,3)17(15)8-10-20(13,16)2/h6-7,9,12,15-17,24,26,28H,4-5,8,10-11H2,1-3H3;4,9,14-19,24H,5-8,10-12H2,1-3H3;5,16-20H,6-13H2,1-4H3;3,14-18,22-23H,4-12H2,1-2H3;12,16-19H,4-11H2,1-3H3;4,11,13,15-17H,1,5-10,12H2,2-3H3/t12-,15+,16+,17+,19+,20+,21+,22+;14-,15-,16+,17-,18-,19+,20+,21+,22+;16-,17-,18+,19-,20-,21-,22+;14-,15+,16-,17-,18-,19-,20-,21-;16-,17+,18-,19-,20-,21+;13-,15-,16-,17-,20+,21+/m100000/s1. The largest absolute Gasteiger partial charge is 0.394 e. The van der Waals surface area contributed by atoms with Gasteiger partial charge in [0.25, 0.3) is 0 Å². The summed E-state index contributed by atoms with van der Waals surface area (Å²) in [6.45, 7) is 38.5. The molecule has 0 bridgehead atoms. The Bertz CT molecular complexity index is 5470. The van der Waals surface area contributed by atoms with E-state index in [0.29, 0.717) is 136 Å². The first-order chi connectivity index (χ1) is 68.9. The van der Waals surface area contributed by atoms with Crippen molar-refractivity contribution in [1.29, 1.82) is 0 Å². The highest BCUT2D eigenvalue weighted by Crippen LogP contribution is 2.81. The van der Waals surface area contributed by atoms with E-state index in [-0.39, 0.29) is 109 Å². The monoisotopic (exact) mass is 2010 g/mol. The molecular weight excluding hydrogens is 1820 g/mol. The van der Waals surface area contributed by atoms with E-state index in [1.54, 1.807) is 57.9 Å². The number of Topliss-reactive ketones (excluding diaryl/α,β-unsaturated/α-hetero) is 5. The molecule has 0 unspecified atom stereocenters. The summed E-state index contributed by atoms with van der Waals surface area (Å²) in [7, 11) is 1.87. The number of ketones is 8. The van der Waals surface area contributed by atoms with Crippen LogP contribution >= 0.6 is 0 Å². The van der Waals surface area contributed by atoms with Crippen molar-refractivity contribution in [3.63, 3.8) is 0 Å². The molecule has 26 aliphatic rings. The van der Waals surface area contributed by atoms with Gasteiger partial charge in [-0.05, 0) is 464 Å². The number of hydrogen-bond acceptors (Lipinski definition) is 16. The zero-order valence-corrected chi connectivity index (χ0v) is 92.4. The van der Waals surface area contributed by atoms with Crippen LogP contribution in [0.3, 0.4) is 0 Å². The highest BCUT2D eigenvalue weighted by Gasteiger charge is 2.80. The molecule has 0 aromatic carbocycles. The van der Waals surface area contributed by atoms with Crippen LogP contribution in [0.5, 0.6) is 0 Å². The summed E-state index contributed by atoms with van der Waals surface area (Å²) in [6, 6.07) is 0. The molecule has 2 spiro atoms. The molecule has 16 nitrogen and oxygen atoms in total. The van der Waals surface area contributed by atoms with Gasteiger partial charge >= 0.3 is 0 Å². The maximum Gasteiger partial charge on any atom is 0.190 e. The second-order valence-electron chi connectivity index (χ2n) is 57.7. The van der Waals surface area contributed by atoms with E-state index in [4.69, 9.17) is 9.47 Å². The van der Waals surface area contributed by atoms with Gasteiger partial charge in [-0.1, -0.05) is 142 Å². The zero-order chi connectivity index (χ0) is 104. The van der Waals surface area contributed by atoms with Crippen molar-refractivity contribution in [2.45, 2.75) is 428 Å². The Labute approximate surface area is 873 Å². The van der Waals surface area contributed by atoms with Crippen LogP contribution in [0, 0.1) is 207 Å². The van der Waals surface area contributed by atoms with Gasteiger partial charge in [0.15, 0.2) is 34.6 Å². The number of aliphatic hydroxyl groups is 6. The van der Waals surface area contributed by atoms with Gasteiger partial charge in [-0.15, -0.1) is 6.58 Å². The van der Waals surface area contributed by atoms with E-state index in [1.807, 2.05) is 20.1 Å². The normalized spacial score (nSPS) is 53.4.